The van der Waals surface area contributed by atoms with Crippen LogP contribution in [0.5, 0.6) is 0 Å². The number of aromatic nitrogens is 2. The number of hydrogen-bond donors (Lipinski definition) is 2. The number of fused-ring (bicyclic) bond motifs is 1. The van der Waals surface area contributed by atoms with Crippen molar-refractivity contribution in [1.82, 2.24) is 9.97 Å². The van der Waals surface area contributed by atoms with Crippen LogP contribution in [0.25, 0.3) is 22.4 Å². The number of benzene rings is 3. The Morgan fingerprint density at radius 3 is 2.37 bits per heavy atom. The minimum absolute atomic E-state index is 0. The number of nitrogens with zero attached hydrogens (tertiary/aromatic N) is 1. The highest BCUT2D eigenvalue weighted by atomic mass is 19.1. The smallest absolute Gasteiger partial charge is 0.141 e. The van der Waals surface area contributed by atoms with Crippen LogP contribution in [0.2, 0.25) is 0 Å². The van der Waals surface area contributed by atoms with Crippen LogP contribution >= 0.6 is 0 Å². The third-order valence-electron chi connectivity index (χ3n) is 4.28. The highest BCUT2D eigenvalue weighted by Crippen LogP contribution is 2.26. The second-order valence-corrected chi connectivity index (χ2v) is 6.50. The van der Waals surface area contributed by atoms with Crippen LogP contribution in [0.4, 0.5) is 10.1 Å². The van der Waals surface area contributed by atoms with Crippen molar-refractivity contribution in [3.63, 3.8) is 0 Å². The second-order valence-electron chi connectivity index (χ2n) is 6.50. The summed E-state index contributed by atoms with van der Waals surface area (Å²) in [6.45, 7) is 6.61. The summed E-state index contributed by atoms with van der Waals surface area (Å²) < 4.78 is 18.4. The van der Waals surface area contributed by atoms with Gasteiger partial charge in [-0.2, -0.15) is 0 Å². The van der Waals surface area contributed by atoms with Gasteiger partial charge in [0.05, 0.1) is 16.6 Å². The van der Waals surface area contributed by atoms with E-state index in [1.807, 2.05) is 69.3 Å². The molecule has 2 N–H and O–H groups in total. The summed E-state index contributed by atoms with van der Waals surface area (Å²) in [7, 11) is 3.25. The van der Waals surface area contributed by atoms with E-state index in [4.69, 9.17) is 0 Å². The molecule has 0 fully saturated rings. The van der Waals surface area contributed by atoms with Gasteiger partial charge in [0.15, 0.2) is 0 Å². The summed E-state index contributed by atoms with van der Waals surface area (Å²) in [5.41, 5.74) is 5.35. The summed E-state index contributed by atoms with van der Waals surface area (Å²) in [5.74, 6) is 0.309. The molecule has 0 bridgehead atoms. The van der Waals surface area contributed by atoms with E-state index in [0.29, 0.717) is 17.9 Å². The fourth-order valence-electron chi connectivity index (χ4n) is 2.98. The second kappa shape index (κ2) is 11.7. The SMILES string of the molecule is CC.COC.Cc1cccc(F)c1-c1nc2ccc(CNc3ccccc3)cc2[nH]1.[HH].[HH]. The molecule has 0 amide bonds. The minimum Gasteiger partial charge on any atom is -0.388 e. The molecule has 30 heavy (non-hydrogen) atoms. The molecular weight excluding hydrogens is 377 g/mol. The van der Waals surface area contributed by atoms with Gasteiger partial charge in [-0.25, -0.2) is 9.37 Å². The molecule has 1 aromatic heterocycles. The largest absolute Gasteiger partial charge is 0.388 e. The van der Waals surface area contributed by atoms with E-state index >= 15 is 0 Å². The van der Waals surface area contributed by atoms with Crippen LogP contribution in [0.1, 0.15) is 27.8 Å². The number of halogens is 1. The van der Waals surface area contributed by atoms with E-state index in [0.717, 1.165) is 27.8 Å². The Labute approximate surface area is 181 Å². The zero-order chi connectivity index (χ0) is 21.9. The van der Waals surface area contributed by atoms with Crippen LogP contribution in [-0.4, -0.2) is 24.2 Å². The lowest BCUT2D eigenvalue weighted by atomic mass is 10.1. The fraction of sp³-hybridized carbons (Fsp3) is 0.240. The standard InChI is InChI=1S/C21H18FN3.C2H6O.C2H6.2H2/c1-14-6-5-9-17(22)20(14)21-24-18-11-10-15(12-19(18)25-21)13-23-16-7-3-2-4-8-16;1-3-2;1-2;;/h2-12,23H,13H2,1H3,(H,24,25);1-2H3;1-2H3;2*1H. The third-order valence-corrected chi connectivity index (χ3v) is 4.28. The van der Waals surface area contributed by atoms with Gasteiger partial charge in [0.25, 0.3) is 0 Å². The maximum Gasteiger partial charge on any atom is 0.141 e. The van der Waals surface area contributed by atoms with Gasteiger partial charge in [-0.1, -0.05) is 50.2 Å². The van der Waals surface area contributed by atoms with Crippen molar-refractivity contribution in [1.29, 1.82) is 0 Å². The first-order valence-corrected chi connectivity index (χ1v) is 10.1. The molecule has 0 radical (unpaired) electrons. The zero-order valence-electron chi connectivity index (χ0n) is 18.3. The maximum atomic E-state index is 14.2. The Hall–Kier alpha value is -3.18. The number of ether oxygens (including phenoxy) is 1. The molecular formula is C25H34FN3O. The molecule has 0 aliphatic carbocycles. The molecule has 0 saturated carbocycles. The highest BCUT2D eigenvalue weighted by molar-refractivity contribution is 5.80. The first-order chi connectivity index (χ1) is 14.6. The molecule has 3 aromatic carbocycles. The van der Waals surface area contributed by atoms with Crippen LogP contribution in [0.3, 0.4) is 0 Å². The van der Waals surface area contributed by atoms with Crippen LogP contribution in [0, 0.1) is 12.7 Å². The van der Waals surface area contributed by atoms with Gasteiger partial charge >= 0.3 is 0 Å². The van der Waals surface area contributed by atoms with Crippen LogP contribution in [-0.2, 0) is 11.3 Å². The van der Waals surface area contributed by atoms with E-state index in [9.17, 15) is 4.39 Å². The number of imidazole rings is 1. The Kier molecular flexibility index (Phi) is 9.03. The quantitative estimate of drug-likeness (QED) is 0.377. The fourth-order valence-corrected chi connectivity index (χ4v) is 2.98. The van der Waals surface area contributed by atoms with Crippen LogP contribution in [0.15, 0.2) is 66.7 Å². The number of anilines is 1. The van der Waals surface area contributed by atoms with Crippen molar-refractivity contribution in [3.05, 3.63) is 83.7 Å². The van der Waals surface area contributed by atoms with Gasteiger partial charge in [-0.3, -0.25) is 0 Å². The summed E-state index contributed by atoms with van der Waals surface area (Å²) in [6.07, 6.45) is 0. The van der Waals surface area contributed by atoms with Gasteiger partial charge in [0, 0.05) is 29.3 Å². The van der Waals surface area contributed by atoms with E-state index in [2.05, 4.69) is 26.1 Å². The Morgan fingerprint density at radius 1 is 1.00 bits per heavy atom. The average molecular weight is 412 g/mol. The van der Waals surface area contributed by atoms with Gasteiger partial charge < -0.3 is 15.0 Å². The lowest BCUT2D eigenvalue weighted by Crippen LogP contribution is -1.98. The van der Waals surface area contributed by atoms with Gasteiger partial charge in [0.1, 0.15) is 11.6 Å². The molecule has 5 heteroatoms. The molecule has 0 atom stereocenters. The predicted octanol–water partition coefficient (Wildman–Crippen LogP) is 7.07. The Bertz CT molecular complexity index is 1040. The van der Waals surface area contributed by atoms with Crippen molar-refractivity contribution in [2.45, 2.75) is 27.3 Å². The number of hydrogen-bond acceptors (Lipinski definition) is 3. The number of methoxy groups -OCH3 is 1. The van der Waals surface area contributed by atoms with E-state index in [1.165, 1.54) is 6.07 Å². The van der Waals surface area contributed by atoms with Crippen molar-refractivity contribution in [2.75, 3.05) is 19.5 Å². The van der Waals surface area contributed by atoms with Crippen molar-refractivity contribution in [3.8, 4) is 11.4 Å². The average Bonchev–Trinajstić information content (AvgIpc) is 3.18. The molecule has 0 unspecified atom stereocenters. The third kappa shape index (κ3) is 5.91. The first kappa shape index (κ1) is 23.1. The summed E-state index contributed by atoms with van der Waals surface area (Å²) in [6, 6.07) is 21.2. The number of rotatable bonds is 4. The molecule has 4 nitrogen and oxygen atoms in total. The molecule has 1 heterocycles. The number of H-pyrrole nitrogens is 1. The molecule has 162 valence electrons. The predicted molar refractivity (Wildman–Crippen MR) is 129 cm³/mol. The normalized spacial score (nSPS) is 9.93. The van der Waals surface area contributed by atoms with Gasteiger partial charge in [-0.05, 0) is 48.4 Å². The van der Waals surface area contributed by atoms with Crippen molar-refractivity contribution < 1.29 is 12.0 Å². The topological polar surface area (TPSA) is 49.9 Å². The summed E-state index contributed by atoms with van der Waals surface area (Å²) in [4.78, 5) is 7.80. The van der Waals surface area contributed by atoms with Gasteiger partial charge in [0.2, 0.25) is 0 Å². The Morgan fingerprint density at radius 2 is 1.70 bits per heavy atom. The Balaban J connectivity index is 0.00000127. The van der Waals surface area contributed by atoms with Gasteiger partial charge in [-0.15, -0.1) is 0 Å². The molecule has 4 rings (SSSR count). The highest BCUT2D eigenvalue weighted by Gasteiger charge is 2.12. The molecule has 0 saturated heterocycles. The number of nitrogens with one attached hydrogen (secondary N) is 2. The molecule has 0 spiro atoms. The summed E-state index contributed by atoms with van der Waals surface area (Å²) in [5, 5.41) is 3.39. The monoisotopic (exact) mass is 411 g/mol. The van der Waals surface area contributed by atoms with Crippen molar-refractivity contribution in [2.24, 2.45) is 0 Å². The number of para-hydroxylation sites is 1. The van der Waals surface area contributed by atoms with Crippen LogP contribution < -0.4 is 5.32 Å². The summed E-state index contributed by atoms with van der Waals surface area (Å²) >= 11 is 0. The lowest BCUT2D eigenvalue weighted by Gasteiger charge is -2.06. The molecule has 0 aliphatic rings. The van der Waals surface area contributed by atoms with E-state index < -0.39 is 0 Å². The number of aromatic amines is 1. The first-order valence-electron chi connectivity index (χ1n) is 10.1. The van der Waals surface area contributed by atoms with Crippen molar-refractivity contribution >= 4 is 16.7 Å². The van der Waals surface area contributed by atoms with E-state index in [-0.39, 0.29) is 8.67 Å². The zero-order valence-corrected chi connectivity index (χ0v) is 18.3. The molecule has 0 aliphatic heterocycles. The van der Waals surface area contributed by atoms with E-state index in [1.54, 1.807) is 20.3 Å². The minimum atomic E-state index is -0.259. The maximum absolute atomic E-state index is 14.2. The lowest BCUT2D eigenvalue weighted by molar-refractivity contribution is 0.277. The number of aryl methyl sites for hydroxylation is 1. The molecule has 4 aromatic rings.